The van der Waals surface area contributed by atoms with Gasteiger partial charge in [-0.15, -0.1) is 0 Å². The quantitative estimate of drug-likeness (QED) is 0.790. The SMILES string of the molecule is CCNCc1ccc(Oc2ccc(I)cc2)c(F)c1. The molecule has 100 valence electrons. The average Bonchev–Trinajstić information content (AvgIpc) is 2.41. The Hall–Kier alpha value is -1.14. The predicted octanol–water partition coefficient (Wildman–Crippen LogP) is 4.33. The van der Waals surface area contributed by atoms with E-state index in [4.69, 9.17) is 4.74 Å². The predicted molar refractivity (Wildman–Crippen MR) is 83.0 cm³/mol. The number of hydrogen-bond acceptors (Lipinski definition) is 2. The van der Waals surface area contributed by atoms with E-state index in [1.165, 1.54) is 6.07 Å². The van der Waals surface area contributed by atoms with E-state index in [0.717, 1.165) is 15.7 Å². The van der Waals surface area contributed by atoms with Gasteiger partial charge < -0.3 is 10.1 Å². The van der Waals surface area contributed by atoms with Crippen LogP contribution in [0, 0.1) is 9.39 Å². The van der Waals surface area contributed by atoms with Gasteiger partial charge in [-0.2, -0.15) is 0 Å². The molecule has 2 nitrogen and oxygen atoms in total. The third-order valence-electron chi connectivity index (χ3n) is 2.62. The second kappa shape index (κ2) is 6.86. The van der Waals surface area contributed by atoms with Crippen molar-refractivity contribution in [3.8, 4) is 11.5 Å². The lowest BCUT2D eigenvalue weighted by atomic mass is 10.2. The first-order valence-corrected chi connectivity index (χ1v) is 7.19. The van der Waals surface area contributed by atoms with Crippen LogP contribution >= 0.6 is 22.6 Å². The molecule has 2 aromatic rings. The molecule has 0 aromatic heterocycles. The Bertz CT molecular complexity index is 542. The summed E-state index contributed by atoms with van der Waals surface area (Å²) in [6.45, 7) is 3.55. The molecule has 19 heavy (non-hydrogen) atoms. The molecule has 0 saturated carbocycles. The summed E-state index contributed by atoms with van der Waals surface area (Å²) in [4.78, 5) is 0. The number of nitrogens with one attached hydrogen (secondary N) is 1. The third-order valence-corrected chi connectivity index (χ3v) is 3.34. The molecule has 0 radical (unpaired) electrons. The van der Waals surface area contributed by atoms with Crippen molar-refractivity contribution in [2.75, 3.05) is 6.54 Å². The Labute approximate surface area is 126 Å². The molecular formula is C15H15FINO. The van der Waals surface area contributed by atoms with Crippen LogP contribution in [0.2, 0.25) is 0 Å². The van der Waals surface area contributed by atoms with Gasteiger partial charge in [-0.25, -0.2) is 4.39 Å². The zero-order valence-corrected chi connectivity index (χ0v) is 12.8. The maximum Gasteiger partial charge on any atom is 0.166 e. The van der Waals surface area contributed by atoms with E-state index in [2.05, 4.69) is 27.9 Å². The van der Waals surface area contributed by atoms with Crippen molar-refractivity contribution < 1.29 is 9.13 Å². The van der Waals surface area contributed by atoms with Crippen molar-refractivity contribution >= 4 is 22.6 Å². The molecule has 0 bridgehead atoms. The van der Waals surface area contributed by atoms with Crippen LogP contribution in [0.3, 0.4) is 0 Å². The van der Waals surface area contributed by atoms with Gasteiger partial charge in [-0.3, -0.25) is 0 Å². The van der Waals surface area contributed by atoms with Crippen LogP contribution in [0.15, 0.2) is 42.5 Å². The number of ether oxygens (including phenoxy) is 1. The van der Waals surface area contributed by atoms with Crippen LogP contribution in [0.5, 0.6) is 11.5 Å². The smallest absolute Gasteiger partial charge is 0.166 e. The van der Waals surface area contributed by atoms with Crippen LogP contribution in [-0.2, 0) is 6.54 Å². The summed E-state index contributed by atoms with van der Waals surface area (Å²) in [6, 6.07) is 12.5. The Morgan fingerprint density at radius 3 is 2.53 bits per heavy atom. The van der Waals surface area contributed by atoms with Gasteiger partial charge in [0.05, 0.1) is 0 Å². The molecule has 2 aromatic carbocycles. The van der Waals surface area contributed by atoms with Gasteiger partial charge in [0.25, 0.3) is 0 Å². The number of halogens is 2. The highest BCUT2D eigenvalue weighted by molar-refractivity contribution is 14.1. The lowest BCUT2D eigenvalue weighted by Crippen LogP contribution is -2.11. The lowest BCUT2D eigenvalue weighted by Gasteiger charge is -2.08. The van der Waals surface area contributed by atoms with Crippen LogP contribution in [0.4, 0.5) is 4.39 Å². The second-order valence-corrected chi connectivity index (χ2v) is 5.35. The average molecular weight is 371 g/mol. The van der Waals surface area contributed by atoms with Gasteiger partial charge in [-0.05, 0) is 71.1 Å². The summed E-state index contributed by atoms with van der Waals surface area (Å²) in [7, 11) is 0. The summed E-state index contributed by atoms with van der Waals surface area (Å²) in [5.74, 6) is 0.550. The Morgan fingerprint density at radius 2 is 1.89 bits per heavy atom. The first-order chi connectivity index (χ1) is 9.19. The highest BCUT2D eigenvalue weighted by Crippen LogP contribution is 2.25. The summed E-state index contributed by atoms with van der Waals surface area (Å²) in [5, 5.41) is 3.16. The van der Waals surface area contributed by atoms with E-state index < -0.39 is 0 Å². The molecule has 4 heteroatoms. The molecule has 0 amide bonds. The second-order valence-electron chi connectivity index (χ2n) is 4.10. The molecule has 0 atom stereocenters. The van der Waals surface area contributed by atoms with Gasteiger partial charge in [0.2, 0.25) is 0 Å². The van der Waals surface area contributed by atoms with Gasteiger partial charge in [0.15, 0.2) is 11.6 Å². The maximum absolute atomic E-state index is 13.9. The van der Waals surface area contributed by atoms with Crippen molar-refractivity contribution in [2.24, 2.45) is 0 Å². The van der Waals surface area contributed by atoms with Gasteiger partial charge in [-0.1, -0.05) is 13.0 Å². The highest BCUT2D eigenvalue weighted by Gasteiger charge is 2.06. The molecular weight excluding hydrogens is 356 g/mol. The van der Waals surface area contributed by atoms with Crippen LogP contribution < -0.4 is 10.1 Å². The number of benzene rings is 2. The zero-order chi connectivity index (χ0) is 13.7. The Balaban J connectivity index is 2.10. The number of rotatable bonds is 5. The van der Waals surface area contributed by atoms with Crippen molar-refractivity contribution in [1.82, 2.24) is 5.32 Å². The van der Waals surface area contributed by atoms with Crippen LogP contribution in [0.1, 0.15) is 12.5 Å². The van der Waals surface area contributed by atoms with E-state index >= 15 is 0 Å². The van der Waals surface area contributed by atoms with Gasteiger partial charge in [0, 0.05) is 10.1 Å². The van der Waals surface area contributed by atoms with E-state index in [1.54, 1.807) is 6.07 Å². The monoisotopic (exact) mass is 371 g/mol. The standard InChI is InChI=1S/C15H15FINO/c1-2-18-10-11-3-8-15(14(16)9-11)19-13-6-4-12(17)5-7-13/h3-9,18H,2,10H2,1H3. The molecule has 0 unspecified atom stereocenters. The molecule has 0 aliphatic carbocycles. The molecule has 1 N–H and O–H groups in total. The van der Waals surface area contributed by atoms with Crippen molar-refractivity contribution in [3.63, 3.8) is 0 Å². The fraction of sp³-hybridized carbons (Fsp3) is 0.200. The number of hydrogen-bond donors (Lipinski definition) is 1. The van der Waals surface area contributed by atoms with Crippen LogP contribution in [0.25, 0.3) is 0 Å². The molecule has 2 rings (SSSR count). The molecule has 0 aliphatic heterocycles. The Morgan fingerprint density at radius 1 is 1.16 bits per heavy atom. The zero-order valence-electron chi connectivity index (χ0n) is 10.6. The molecule has 0 heterocycles. The fourth-order valence-electron chi connectivity index (χ4n) is 1.64. The minimum atomic E-state index is -0.339. The summed E-state index contributed by atoms with van der Waals surface area (Å²) < 4.78 is 20.5. The molecule has 0 fully saturated rings. The molecule has 0 aliphatic rings. The van der Waals surface area contributed by atoms with E-state index in [-0.39, 0.29) is 11.6 Å². The largest absolute Gasteiger partial charge is 0.454 e. The minimum Gasteiger partial charge on any atom is -0.454 e. The normalized spacial score (nSPS) is 10.5. The van der Waals surface area contributed by atoms with Crippen molar-refractivity contribution in [1.29, 1.82) is 0 Å². The first-order valence-electron chi connectivity index (χ1n) is 6.11. The summed E-state index contributed by atoms with van der Waals surface area (Å²) in [5.41, 5.74) is 0.911. The highest BCUT2D eigenvalue weighted by atomic mass is 127. The van der Waals surface area contributed by atoms with E-state index in [0.29, 0.717) is 12.3 Å². The fourth-order valence-corrected chi connectivity index (χ4v) is 2.00. The summed E-state index contributed by atoms with van der Waals surface area (Å²) >= 11 is 2.21. The summed E-state index contributed by atoms with van der Waals surface area (Å²) in [6.07, 6.45) is 0. The topological polar surface area (TPSA) is 21.3 Å². The van der Waals surface area contributed by atoms with E-state index in [9.17, 15) is 4.39 Å². The lowest BCUT2D eigenvalue weighted by molar-refractivity contribution is 0.441. The Kier molecular flexibility index (Phi) is 5.15. The first kappa shape index (κ1) is 14.3. The maximum atomic E-state index is 13.9. The van der Waals surface area contributed by atoms with Crippen molar-refractivity contribution in [3.05, 3.63) is 57.4 Å². The molecule has 0 saturated heterocycles. The third kappa shape index (κ3) is 4.18. The van der Waals surface area contributed by atoms with Crippen LogP contribution in [-0.4, -0.2) is 6.54 Å². The molecule has 0 spiro atoms. The van der Waals surface area contributed by atoms with Crippen molar-refractivity contribution in [2.45, 2.75) is 13.5 Å². The minimum absolute atomic E-state index is 0.251. The van der Waals surface area contributed by atoms with Gasteiger partial charge >= 0.3 is 0 Å². The van der Waals surface area contributed by atoms with E-state index in [1.807, 2.05) is 37.3 Å². The van der Waals surface area contributed by atoms with Gasteiger partial charge in [0.1, 0.15) is 5.75 Å².